The Balaban J connectivity index is 2.25. The van der Waals surface area contributed by atoms with Crippen molar-refractivity contribution in [2.45, 2.75) is 44.9 Å². The third-order valence-corrected chi connectivity index (χ3v) is 4.12. The zero-order valence-electron chi connectivity index (χ0n) is 16.5. The van der Waals surface area contributed by atoms with Crippen LogP contribution in [0.3, 0.4) is 0 Å². The minimum Gasteiger partial charge on any atom is -0.459 e. The molecule has 0 aromatic heterocycles. The lowest BCUT2D eigenvalue weighted by Gasteiger charge is -2.20. The first-order valence-corrected chi connectivity index (χ1v) is 9.29. The van der Waals surface area contributed by atoms with Crippen molar-refractivity contribution in [3.8, 4) is 11.5 Å². The molecule has 0 aliphatic rings. The lowest BCUT2D eigenvalue weighted by atomic mass is 10.0. The first-order valence-electron chi connectivity index (χ1n) is 9.29. The van der Waals surface area contributed by atoms with Crippen LogP contribution < -0.4 is 9.47 Å². The van der Waals surface area contributed by atoms with Gasteiger partial charge in [0.15, 0.2) is 17.4 Å². The molecule has 2 aromatic rings. The molecule has 0 unspecified atom stereocenters. The Morgan fingerprint density at radius 3 is 1.88 bits per heavy atom. The molecule has 0 saturated heterocycles. The van der Waals surface area contributed by atoms with Gasteiger partial charge in [-0.15, -0.1) is 0 Å². The molecule has 176 valence electrons. The SMILES string of the molecule is CCCCCc1cc(F)c(C(F)(F)Oc2cc(F)c(O/C=C/C(F)(F)F)c(F)c2)c(F)c1. The number of halogens is 9. The van der Waals surface area contributed by atoms with Crippen LogP contribution in [-0.2, 0) is 12.5 Å². The van der Waals surface area contributed by atoms with Gasteiger partial charge in [0.05, 0.1) is 12.3 Å². The maximum Gasteiger partial charge on any atom is 0.432 e. The number of hydrogen-bond acceptors (Lipinski definition) is 2. The zero-order chi connectivity index (χ0) is 24.1. The van der Waals surface area contributed by atoms with Gasteiger partial charge in [-0.05, 0) is 30.5 Å². The van der Waals surface area contributed by atoms with E-state index in [9.17, 15) is 39.5 Å². The summed E-state index contributed by atoms with van der Waals surface area (Å²) in [5, 5.41) is 0. The van der Waals surface area contributed by atoms with E-state index in [4.69, 9.17) is 0 Å². The van der Waals surface area contributed by atoms with Gasteiger partial charge >= 0.3 is 12.3 Å². The molecule has 0 bridgehead atoms. The van der Waals surface area contributed by atoms with E-state index in [0.717, 1.165) is 25.0 Å². The van der Waals surface area contributed by atoms with Crippen molar-refractivity contribution in [1.82, 2.24) is 0 Å². The van der Waals surface area contributed by atoms with E-state index >= 15 is 0 Å². The fourth-order valence-electron chi connectivity index (χ4n) is 2.71. The van der Waals surface area contributed by atoms with E-state index in [1.165, 1.54) is 0 Å². The van der Waals surface area contributed by atoms with Crippen LogP contribution >= 0.6 is 0 Å². The van der Waals surface area contributed by atoms with E-state index in [0.29, 0.717) is 6.42 Å². The van der Waals surface area contributed by atoms with Gasteiger partial charge in [-0.2, -0.15) is 22.0 Å². The average molecular weight is 472 g/mol. The van der Waals surface area contributed by atoms with Crippen LogP contribution in [0.4, 0.5) is 39.5 Å². The molecule has 0 saturated carbocycles. The van der Waals surface area contributed by atoms with Crippen molar-refractivity contribution >= 4 is 0 Å². The van der Waals surface area contributed by atoms with Crippen LogP contribution in [0.5, 0.6) is 11.5 Å². The highest BCUT2D eigenvalue weighted by Gasteiger charge is 2.41. The number of allylic oxidation sites excluding steroid dienone is 1. The molecule has 0 atom stereocenters. The molecule has 2 nitrogen and oxygen atoms in total. The second kappa shape index (κ2) is 10.2. The molecule has 2 aromatic carbocycles. The number of unbranched alkanes of at least 4 members (excludes halogenated alkanes) is 2. The lowest BCUT2D eigenvalue weighted by molar-refractivity contribution is -0.189. The third-order valence-electron chi connectivity index (χ3n) is 4.12. The Morgan fingerprint density at radius 1 is 0.812 bits per heavy atom. The molecule has 0 fully saturated rings. The summed E-state index contributed by atoms with van der Waals surface area (Å²) in [6.45, 7) is 1.91. The van der Waals surface area contributed by atoms with E-state index in [1.807, 2.05) is 6.92 Å². The molecule has 0 radical (unpaired) electrons. The first kappa shape index (κ1) is 25.4. The zero-order valence-corrected chi connectivity index (χ0v) is 16.5. The number of hydrogen-bond donors (Lipinski definition) is 0. The Morgan fingerprint density at radius 2 is 1.38 bits per heavy atom. The average Bonchev–Trinajstić information content (AvgIpc) is 2.62. The van der Waals surface area contributed by atoms with Gasteiger partial charge in [-0.25, -0.2) is 17.6 Å². The number of aryl methyl sites for hydroxylation is 1. The smallest absolute Gasteiger partial charge is 0.432 e. The van der Waals surface area contributed by atoms with Gasteiger partial charge in [-0.3, -0.25) is 0 Å². The normalized spacial score (nSPS) is 12.4. The van der Waals surface area contributed by atoms with E-state index in [-0.39, 0.29) is 30.4 Å². The maximum atomic E-state index is 14.4. The van der Waals surface area contributed by atoms with Gasteiger partial charge < -0.3 is 9.47 Å². The second-order valence-electron chi connectivity index (χ2n) is 6.69. The van der Waals surface area contributed by atoms with Crippen LogP contribution in [-0.4, -0.2) is 6.18 Å². The second-order valence-corrected chi connectivity index (χ2v) is 6.69. The molecule has 11 heteroatoms. The number of ether oxygens (including phenoxy) is 2. The number of benzene rings is 2. The standard InChI is InChI=1S/C21H17F9O2/c1-2-3-4-5-12-8-14(22)18(15(23)9-12)21(29,30)32-13-10-16(24)19(17(25)11-13)31-7-6-20(26,27)28/h6-11H,2-5H2,1H3/b7-6+. The minimum atomic E-state index is -4.82. The van der Waals surface area contributed by atoms with Crippen LogP contribution in [0.15, 0.2) is 36.6 Å². The van der Waals surface area contributed by atoms with Gasteiger partial charge in [0, 0.05) is 12.1 Å². The minimum absolute atomic E-state index is 0.0521. The summed E-state index contributed by atoms with van der Waals surface area (Å²) in [6.07, 6.45) is -7.53. The first-order chi connectivity index (χ1) is 14.8. The molecule has 0 aliphatic heterocycles. The molecule has 0 amide bonds. The summed E-state index contributed by atoms with van der Waals surface area (Å²) in [4.78, 5) is 0. The van der Waals surface area contributed by atoms with Crippen molar-refractivity contribution in [2.24, 2.45) is 0 Å². The predicted octanol–water partition coefficient (Wildman–Crippen LogP) is 7.56. The van der Waals surface area contributed by atoms with Crippen LogP contribution in [0.1, 0.15) is 37.3 Å². The Kier molecular flexibility index (Phi) is 8.08. The van der Waals surface area contributed by atoms with Crippen molar-refractivity contribution in [2.75, 3.05) is 0 Å². The number of rotatable bonds is 9. The van der Waals surface area contributed by atoms with Gasteiger partial charge in [0.2, 0.25) is 0 Å². The van der Waals surface area contributed by atoms with Gasteiger partial charge in [0.1, 0.15) is 22.9 Å². The highest BCUT2D eigenvalue weighted by Crippen LogP contribution is 2.37. The maximum absolute atomic E-state index is 14.4. The van der Waals surface area contributed by atoms with Crippen molar-refractivity contribution < 1.29 is 49.0 Å². The largest absolute Gasteiger partial charge is 0.459 e. The Bertz CT molecular complexity index is 922. The van der Waals surface area contributed by atoms with Crippen LogP contribution in [0.25, 0.3) is 0 Å². The summed E-state index contributed by atoms with van der Waals surface area (Å²) >= 11 is 0. The van der Waals surface area contributed by atoms with Gasteiger partial charge in [-0.1, -0.05) is 19.8 Å². The van der Waals surface area contributed by atoms with Crippen molar-refractivity contribution in [1.29, 1.82) is 0 Å². The Labute approximate surface area is 177 Å². The Hall–Kier alpha value is -2.85. The quantitative estimate of drug-likeness (QED) is 0.213. The molecule has 0 aliphatic carbocycles. The van der Waals surface area contributed by atoms with Crippen LogP contribution in [0.2, 0.25) is 0 Å². The molecule has 2 rings (SSSR count). The summed E-state index contributed by atoms with van der Waals surface area (Å²) < 4.78 is 129. The van der Waals surface area contributed by atoms with E-state index < -0.39 is 58.7 Å². The lowest BCUT2D eigenvalue weighted by Crippen LogP contribution is -2.25. The highest BCUT2D eigenvalue weighted by atomic mass is 19.4. The summed E-state index contributed by atoms with van der Waals surface area (Å²) in [7, 11) is 0. The predicted molar refractivity (Wildman–Crippen MR) is 96.3 cm³/mol. The topological polar surface area (TPSA) is 18.5 Å². The fourth-order valence-corrected chi connectivity index (χ4v) is 2.71. The molecule has 0 heterocycles. The molecular weight excluding hydrogens is 455 g/mol. The molecule has 0 N–H and O–H groups in total. The third kappa shape index (κ3) is 6.83. The summed E-state index contributed by atoms with van der Waals surface area (Å²) in [5.74, 6) is -9.10. The number of alkyl halides is 5. The van der Waals surface area contributed by atoms with Crippen LogP contribution in [0, 0.1) is 23.3 Å². The monoisotopic (exact) mass is 472 g/mol. The summed E-state index contributed by atoms with van der Waals surface area (Å²) in [6, 6.07) is 1.78. The van der Waals surface area contributed by atoms with E-state index in [2.05, 4.69) is 9.47 Å². The molecule has 0 spiro atoms. The molecule has 32 heavy (non-hydrogen) atoms. The highest BCUT2D eigenvalue weighted by molar-refractivity contribution is 5.36. The van der Waals surface area contributed by atoms with E-state index in [1.54, 1.807) is 0 Å². The van der Waals surface area contributed by atoms with Crippen molar-refractivity contribution in [3.63, 3.8) is 0 Å². The summed E-state index contributed by atoms with van der Waals surface area (Å²) in [5.41, 5.74) is -1.61. The molecular formula is C21H17F9O2. The van der Waals surface area contributed by atoms with Crippen molar-refractivity contribution in [3.05, 3.63) is 71.0 Å². The fraction of sp³-hybridized carbons (Fsp3) is 0.333. The van der Waals surface area contributed by atoms with Gasteiger partial charge in [0.25, 0.3) is 0 Å².